The molecule has 2 atom stereocenters. The number of hydrogen-bond acceptors (Lipinski definition) is 3. The van der Waals surface area contributed by atoms with Crippen LogP contribution in [-0.2, 0) is 4.74 Å². The average Bonchev–Trinajstić information content (AvgIpc) is 2.90. The van der Waals surface area contributed by atoms with E-state index in [1.807, 2.05) is 13.1 Å². The van der Waals surface area contributed by atoms with Crippen molar-refractivity contribution in [2.45, 2.75) is 58.1 Å². The highest BCUT2D eigenvalue weighted by atomic mass is 16.5. The first-order chi connectivity index (χ1) is 9.24. The van der Waals surface area contributed by atoms with Gasteiger partial charge < -0.3 is 10.1 Å². The molecule has 1 aromatic heterocycles. The number of aryl methyl sites for hydroxylation is 1. The number of hydrogen-bond donors (Lipinski definition) is 1. The quantitative estimate of drug-likeness (QED) is 0.899. The molecule has 2 unspecified atom stereocenters. The molecule has 1 N–H and O–H groups in total. The molecule has 2 aliphatic carbocycles. The van der Waals surface area contributed by atoms with Gasteiger partial charge in [0.05, 0.1) is 6.10 Å². The van der Waals surface area contributed by atoms with Gasteiger partial charge in [-0.2, -0.15) is 0 Å². The highest BCUT2D eigenvalue weighted by Crippen LogP contribution is 2.55. The summed E-state index contributed by atoms with van der Waals surface area (Å²) in [6, 6.07) is 4.79. The molecule has 0 radical (unpaired) electrons. The minimum atomic E-state index is 0.396. The van der Waals surface area contributed by atoms with Crippen molar-refractivity contribution in [3.63, 3.8) is 0 Å². The fraction of sp³-hybridized carbons (Fsp3) is 0.688. The molecule has 19 heavy (non-hydrogen) atoms. The van der Waals surface area contributed by atoms with Crippen LogP contribution in [0.2, 0.25) is 0 Å². The van der Waals surface area contributed by atoms with E-state index in [0.717, 1.165) is 18.7 Å². The Morgan fingerprint density at radius 2 is 2.21 bits per heavy atom. The summed E-state index contributed by atoms with van der Waals surface area (Å²) < 4.78 is 5.95. The monoisotopic (exact) mass is 260 g/mol. The van der Waals surface area contributed by atoms with Crippen LogP contribution in [0.25, 0.3) is 0 Å². The first-order valence-electron chi connectivity index (χ1n) is 7.55. The number of anilines is 1. The minimum absolute atomic E-state index is 0.396. The molecule has 2 aliphatic rings. The van der Waals surface area contributed by atoms with Gasteiger partial charge in [-0.1, -0.05) is 12.8 Å². The Morgan fingerprint density at radius 1 is 1.42 bits per heavy atom. The SMILES string of the molecule is CCOC1CC(Nc2ccnc(C)c2)C12CCCC2. The Kier molecular flexibility index (Phi) is 3.48. The third kappa shape index (κ3) is 2.25. The van der Waals surface area contributed by atoms with Crippen LogP contribution in [0, 0.1) is 12.3 Å². The Morgan fingerprint density at radius 3 is 2.89 bits per heavy atom. The van der Waals surface area contributed by atoms with E-state index in [2.05, 4.69) is 29.4 Å². The summed E-state index contributed by atoms with van der Waals surface area (Å²) >= 11 is 0. The lowest BCUT2D eigenvalue weighted by atomic mass is 9.60. The zero-order chi connectivity index (χ0) is 13.3. The molecule has 0 aliphatic heterocycles. The van der Waals surface area contributed by atoms with Gasteiger partial charge in [0, 0.05) is 35.6 Å². The van der Waals surface area contributed by atoms with Gasteiger partial charge in [0.1, 0.15) is 0 Å². The summed E-state index contributed by atoms with van der Waals surface area (Å²) in [7, 11) is 0. The molecular weight excluding hydrogens is 236 g/mol. The molecule has 104 valence electrons. The van der Waals surface area contributed by atoms with Crippen molar-refractivity contribution < 1.29 is 4.74 Å². The number of nitrogens with one attached hydrogen (secondary N) is 1. The molecule has 2 saturated carbocycles. The maximum absolute atomic E-state index is 5.95. The number of pyridine rings is 1. The lowest BCUT2D eigenvalue weighted by molar-refractivity contribution is -0.114. The lowest BCUT2D eigenvalue weighted by Crippen LogP contribution is -2.60. The summed E-state index contributed by atoms with van der Waals surface area (Å²) in [5.41, 5.74) is 2.68. The highest BCUT2D eigenvalue weighted by molar-refractivity contribution is 5.45. The fourth-order valence-electron chi connectivity index (χ4n) is 3.93. The zero-order valence-corrected chi connectivity index (χ0v) is 12.0. The third-order valence-electron chi connectivity index (χ3n) is 4.92. The second-order valence-electron chi connectivity index (χ2n) is 6.00. The van der Waals surface area contributed by atoms with Crippen molar-refractivity contribution in [1.82, 2.24) is 4.98 Å². The second-order valence-corrected chi connectivity index (χ2v) is 6.00. The Hall–Kier alpha value is -1.09. The van der Waals surface area contributed by atoms with Gasteiger partial charge in [0.25, 0.3) is 0 Å². The van der Waals surface area contributed by atoms with Gasteiger partial charge >= 0.3 is 0 Å². The van der Waals surface area contributed by atoms with Gasteiger partial charge in [-0.3, -0.25) is 4.98 Å². The Labute approximate surface area is 115 Å². The Balaban J connectivity index is 1.72. The van der Waals surface area contributed by atoms with Crippen LogP contribution in [0.3, 0.4) is 0 Å². The van der Waals surface area contributed by atoms with Crippen LogP contribution in [0.4, 0.5) is 5.69 Å². The van der Waals surface area contributed by atoms with Crippen molar-refractivity contribution in [3.8, 4) is 0 Å². The lowest BCUT2D eigenvalue weighted by Gasteiger charge is -2.54. The van der Waals surface area contributed by atoms with Crippen LogP contribution < -0.4 is 5.32 Å². The molecule has 0 aromatic carbocycles. The van der Waals surface area contributed by atoms with E-state index in [9.17, 15) is 0 Å². The van der Waals surface area contributed by atoms with Gasteiger partial charge in [-0.05, 0) is 45.2 Å². The average molecular weight is 260 g/mol. The van der Waals surface area contributed by atoms with Gasteiger partial charge in [-0.15, -0.1) is 0 Å². The molecule has 2 fully saturated rings. The topological polar surface area (TPSA) is 34.1 Å². The maximum Gasteiger partial charge on any atom is 0.0670 e. The molecular formula is C16H24N2O. The Bertz CT molecular complexity index is 440. The maximum atomic E-state index is 5.95. The minimum Gasteiger partial charge on any atom is -0.381 e. The highest BCUT2D eigenvalue weighted by Gasteiger charge is 2.56. The van der Waals surface area contributed by atoms with E-state index in [1.54, 1.807) is 0 Å². The molecule has 3 rings (SSSR count). The first kappa shape index (κ1) is 12.9. The van der Waals surface area contributed by atoms with E-state index in [0.29, 0.717) is 17.6 Å². The number of ether oxygens (including phenoxy) is 1. The number of aromatic nitrogens is 1. The predicted octanol–water partition coefficient (Wildman–Crippen LogP) is 3.54. The third-order valence-corrected chi connectivity index (χ3v) is 4.92. The van der Waals surface area contributed by atoms with E-state index in [-0.39, 0.29) is 0 Å². The van der Waals surface area contributed by atoms with E-state index in [4.69, 9.17) is 4.74 Å². The van der Waals surface area contributed by atoms with Crippen molar-refractivity contribution in [3.05, 3.63) is 24.0 Å². The van der Waals surface area contributed by atoms with Gasteiger partial charge in [0.2, 0.25) is 0 Å². The van der Waals surface area contributed by atoms with Crippen LogP contribution in [0.5, 0.6) is 0 Å². The molecule has 3 nitrogen and oxygen atoms in total. The van der Waals surface area contributed by atoms with Gasteiger partial charge in [-0.25, -0.2) is 0 Å². The van der Waals surface area contributed by atoms with Crippen LogP contribution in [0.1, 0.15) is 44.7 Å². The number of nitrogens with zero attached hydrogens (tertiary/aromatic N) is 1. The molecule has 0 saturated heterocycles. The molecule has 0 amide bonds. The summed E-state index contributed by atoms with van der Waals surface area (Å²) in [6.45, 7) is 4.99. The number of rotatable bonds is 4. The largest absolute Gasteiger partial charge is 0.381 e. The molecule has 1 spiro atoms. The van der Waals surface area contributed by atoms with E-state index in [1.165, 1.54) is 31.4 Å². The summed E-state index contributed by atoms with van der Waals surface area (Å²) in [6.07, 6.45) is 8.86. The standard InChI is InChI=1S/C16H24N2O/c1-3-19-15-11-14(16(15)7-4-5-8-16)18-13-6-9-17-12(2)10-13/h6,9-10,14-15H,3-5,7-8,11H2,1-2H3,(H,17,18). The van der Waals surface area contributed by atoms with E-state index < -0.39 is 0 Å². The molecule has 3 heteroatoms. The van der Waals surface area contributed by atoms with Crippen LogP contribution in [-0.4, -0.2) is 23.7 Å². The molecule has 0 bridgehead atoms. The second kappa shape index (κ2) is 5.12. The van der Waals surface area contributed by atoms with Crippen LogP contribution in [0.15, 0.2) is 18.3 Å². The van der Waals surface area contributed by atoms with Crippen molar-refractivity contribution in [1.29, 1.82) is 0 Å². The van der Waals surface area contributed by atoms with Crippen molar-refractivity contribution >= 4 is 5.69 Å². The van der Waals surface area contributed by atoms with Crippen molar-refractivity contribution in [2.24, 2.45) is 5.41 Å². The van der Waals surface area contributed by atoms with Crippen molar-refractivity contribution in [2.75, 3.05) is 11.9 Å². The zero-order valence-electron chi connectivity index (χ0n) is 12.0. The first-order valence-corrected chi connectivity index (χ1v) is 7.55. The summed E-state index contributed by atoms with van der Waals surface area (Å²) in [5.74, 6) is 0. The van der Waals surface area contributed by atoms with Crippen LogP contribution >= 0.6 is 0 Å². The molecule has 1 aromatic rings. The summed E-state index contributed by atoms with van der Waals surface area (Å²) in [4.78, 5) is 4.26. The predicted molar refractivity (Wildman–Crippen MR) is 77.3 cm³/mol. The normalized spacial score (nSPS) is 28.3. The van der Waals surface area contributed by atoms with E-state index >= 15 is 0 Å². The summed E-state index contributed by atoms with van der Waals surface area (Å²) in [5, 5.41) is 3.72. The smallest absolute Gasteiger partial charge is 0.0670 e. The fourth-order valence-corrected chi connectivity index (χ4v) is 3.93. The molecule has 1 heterocycles. The van der Waals surface area contributed by atoms with Gasteiger partial charge in [0.15, 0.2) is 0 Å².